The van der Waals surface area contributed by atoms with Crippen LogP contribution in [0.5, 0.6) is 5.75 Å². The second-order valence-corrected chi connectivity index (χ2v) is 6.47. The van der Waals surface area contributed by atoms with Gasteiger partial charge in [-0.1, -0.05) is 19.9 Å². The number of carbonyl (C=O) groups excluding carboxylic acids is 3. The molecule has 1 aromatic carbocycles. The van der Waals surface area contributed by atoms with E-state index in [0.717, 1.165) is 0 Å². The van der Waals surface area contributed by atoms with E-state index in [1.54, 1.807) is 19.9 Å². The molecule has 154 valence electrons. The molecule has 28 heavy (non-hydrogen) atoms. The van der Waals surface area contributed by atoms with Crippen LogP contribution in [0.4, 0.5) is 5.69 Å². The molecule has 0 saturated carbocycles. The van der Waals surface area contributed by atoms with Gasteiger partial charge < -0.3 is 20.1 Å². The number of carbonyl (C=O) groups is 3. The number of amides is 2. The van der Waals surface area contributed by atoms with Crippen LogP contribution in [0.2, 0.25) is 0 Å². The average Bonchev–Trinajstić information content (AvgIpc) is 2.64. The van der Waals surface area contributed by atoms with Gasteiger partial charge in [0.1, 0.15) is 12.1 Å². The normalized spacial score (nSPS) is 12.6. The Bertz CT molecular complexity index is 749. The van der Waals surface area contributed by atoms with Gasteiger partial charge in [0.05, 0.1) is 19.1 Å². The quantitative estimate of drug-likeness (QED) is 0.361. The average molecular weight is 395 g/mol. The summed E-state index contributed by atoms with van der Waals surface area (Å²) in [5.74, 6) is -1.78. The SMILES string of the molecule is COC(=O)[C@@H](Cc1ccc(OC)c([N+](=O)[O-])c1)NC(=O)[C@H](NC(C)=O)C(C)C. The lowest BCUT2D eigenvalue weighted by Gasteiger charge is -2.24. The number of nitro groups is 1. The Hall–Kier alpha value is -3.17. The summed E-state index contributed by atoms with van der Waals surface area (Å²) >= 11 is 0. The lowest BCUT2D eigenvalue weighted by molar-refractivity contribution is -0.385. The Labute approximate surface area is 162 Å². The zero-order chi connectivity index (χ0) is 21.4. The standard InChI is InChI=1S/C18H25N3O7/c1-10(2)16(19-11(3)22)17(23)20-13(18(24)28-5)8-12-6-7-15(27-4)14(9-12)21(25)26/h6-7,9-10,13,16H,8H2,1-5H3,(H,19,22)(H,20,23)/t13-,16-/m1/s1. The van der Waals surface area contributed by atoms with Gasteiger partial charge in [0.2, 0.25) is 11.8 Å². The van der Waals surface area contributed by atoms with Crippen LogP contribution >= 0.6 is 0 Å². The summed E-state index contributed by atoms with van der Waals surface area (Å²) in [6, 6.07) is 2.32. The molecule has 2 atom stereocenters. The number of nitrogens with one attached hydrogen (secondary N) is 2. The van der Waals surface area contributed by atoms with E-state index in [4.69, 9.17) is 9.47 Å². The van der Waals surface area contributed by atoms with Crippen molar-refractivity contribution in [3.63, 3.8) is 0 Å². The fourth-order valence-corrected chi connectivity index (χ4v) is 2.59. The van der Waals surface area contributed by atoms with Crippen molar-refractivity contribution in [3.05, 3.63) is 33.9 Å². The maximum Gasteiger partial charge on any atom is 0.328 e. The molecule has 0 heterocycles. The molecule has 0 unspecified atom stereocenters. The van der Waals surface area contributed by atoms with Crippen LogP contribution in [0.3, 0.4) is 0 Å². The first-order valence-corrected chi connectivity index (χ1v) is 8.57. The monoisotopic (exact) mass is 395 g/mol. The van der Waals surface area contributed by atoms with E-state index in [-0.39, 0.29) is 29.7 Å². The number of benzene rings is 1. The van der Waals surface area contributed by atoms with Gasteiger partial charge in [-0.2, -0.15) is 0 Å². The Kier molecular flexibility index (Phi) is 8.36. The third kappa shape index (κ3) is 6.22. The second-order valence-electron chi connectivity index (χ2n) is 6.47. The van der Waals surface area contributed by atoms with Crippen molar-refractivity contribution in [2.75, 3.05) is 14.2 Å². The van der Waals surface area contributed by atoms with E-state index in [9.17, 15) is 24.5 Å². The summed E-state index contributed by atoms with van der Waals surface area (Å²) in [7, 11) is 2.49. The van der Waals surface area contributed by atoms with Crippen LogP contribution in [0.1, 0.15) is 26.3 Å². The molecule has 10 heteroatoms. The second kappa shape index (κ2) is 10.2. The number of nitro benzene ring substituents is 1. The fraction of sp³-hybridized carbons (Fsp3) is 0.500. The molecule has 1 aromatic rings. The van der Waals surface area contributed by atoms with E-state index in [0.29, 0.717) is 5.56 Å². The van der Waals surface area contributed by atoms with E-state index in [2.05, 4.69) is 10.6 Å². The smallest absolute Gasteiger partial charge is 0.328 e. The highest BCUT2D eigenvalue weighted by Crippen LogP contribution is 2.28. The van der Waals surface area contributed by atoms with E-state index >= 15 is 0 Å². The number of esters is 1. The molecule has 2 N–H and O–H groups in total. The number of ether oxygens (including phenoxy) is 2. The van der Waals surface area contributed by atoms with E-state index < -0.39 is 28.9 Å². The highest BCUT2D eigenvalue weighted by Gasteiger charge is 2.29. The molecule has 0 aliphatic carbocycles. The van der Waals surface area contributed by atoms with Gasteiger partial charge >= 0.3 is 11.7 Å². The number of rotatable bonds is 9. The maximum atomic E-state index is 12.6. The minimum Gasteiger partial charge on any atom is -0.490 e. The molecule has 0 aliphatic heterocycles. The van der Waals surface area contributed by atoms with Gasteiger partial charge in [-0.15, -0.1) is 0 Å². The van der Waals surface area contributed by atoms with Crippen LogP contribution < -0.4 is 15.4 Å². The number of hydrogen-bond donors (Lipinski definition) is 2. The van der Waals surface area contributed by atoms with Crippen molar-refractivity contribution in [1.29, 1.82) is 0 Å². The van der Waals surface area contributed by atoms with E-state index in [1.807, 2.05) is 0 Å². The van der Waals surface area contributed by atoms with Crippen molar-refractivity contribution >= 4 is 23.5 Å². The first-order valence-electron chi connectivity index (χ1n) is 8.57. The molecule has 2 amide bonds. The minimum atomic E-state index is -1.08. The van der Waals surface area contributed by atoms with Crippen molar-refractivity contribution < 1.29 is 28.8 Å². The molecule has 0 aliphatic rings. The summed E-state index contributed by atoms with van der Waals surface area (Å²) < 4.78 is 9.68. The van der Waals surface area contributed by atoms with Crippen LogP contribution in [0, 0.1) is 16.0 Å². The molecule has 0 bridgehead atoms. The number of nitrogens with zero attached hydrogens (tertiary/aromatic N) is 1. The largest absolute Gasteiger partial charge is 0.490 e. The zero-order valence-corrected chi connectivity index (χ0v) is 16.5. The topological polar surface area (TPSA) is 137 Å². The molecule has 0 aromatic heterocycles. The number of hydrogen-bond acceptors (Lipinski definition) is 7. The third-order valence-corrected chi connectivity index (χ3v) is 3.99. The van der Waals surface area contributed by atoms with E-state index in [1.165, 1.54) is 33.3 Å². The highest BCUT2D eigenvalue weighted by molar-refractivity contribution is 5.90. The van der Waals surface area contributed by atoms with Crippen LogP contribution in [0.15, 0.2) is 18.2 Å². The summed E-state index contributed by atoms with van der Waals surface area (Å²) in [5, 5.41) is 16.3. The van der Waals surface area contributed by atoms with Crippen molar-refractivity contribution in [2.24, 2.45) is 5.92 Å². The van der Waals surface area contributed by atoms with Crippen LogP contribution in [-0.2, 0) is 25.5 Å². The van der Waals surface area contributed by atoms with Gasteiger partial charge in [0.25, 0.3) is 0 Å². The van der Waals surface area contributed by atoms with Crippen molar-refractivity contribution in [2.45, 2.75) is 39.3 Å². The van der Waals surface area contributed by atoms with Crippen molar-refractivity contribution in [3.8, 4) is 5.75 Å². The molecule has 1 rings (SSSR count). The zero-order valence-electron chi connectivity index (χ0n) is 16.5. The van der Waals surface area contributed by atoms with Crippen LogP contribution in [0.25, 0.3) is 0 Å². The Balaban J connectivity index is 3.08. The summed E-state index contributed by atoms with van der Waals surface area (Å²) in [4.78, 5) is 46.6. The molecule has 10 nitrogen and oxygen atoms in total. The number of methoxy groups -OCH3 is 2. The highest BCUT2D eigenvalue weighted by atomic mass is 16.6. The minimum absolute atomic E-state index is 0.0336. The lowest BCUT2D eigenvalue weighted by atomic mass is 10.0. The first-order chi connectivity index (χ1) is 13.1. The maximum absolute atomic E-state index is 12.6. The Morgan fingerprint density at radius 3 is 2.29 bits per heavy atom. The van der Waals surface area contributed by atoms with Crippen molar-refractivity contribution in [1.82, 2.24) is 10.6 Å². The predicted octanol–water partition coefficient (Wildman–Crippen LogP) is 0.964. The van der Waals surface area contributed by atoms with Gasteiger partial charge in [-0.3, -0.25) is 19.7 Å². The predicted molar refractivity (Wildman–Crippen MR) is 99.7 cm³/mol. The van der Waals surface area contributed by atoms with Gasteiger partial charge in [-0.25, -0.2) is 4.79 Å². The Morgan fingerprint density at radius 2 is 1.82 bits per heavy atom. The third-order valence-electron chi connectivity index (χ3n) is 3.99. The molecular weight excluding hydrogens is 370 g/mol. The fourth-order valence-electron chi connectivity index (χ4n) is 2.59. The molecule has 0 fully saturated rings. The van der Waals surface area contributed by atoms with Crippen LogP contribution in [-0.4, -0.2) is 49.0 Å². The lowest BCUT2D eigenvalue weighted by Crippen LogP contribution is -2.54. The first kappa shape index (κ1) is 22.9. The van der Waals surface area contributed by atoms with Gasteiger partial charge in [-0.05, 0) is 17.5 Å². The van der Waals surface area contributed by atoms with Gasteiger partial charge in [0.15, 0.2) is 5.75 Å². The molecule has 0 radical (unpaired) electrons. The molecular formula is C18H25N3O7. The summed E-state index contributed by atoms with van der Waals surface area (Å²) in [5.41, 5.74) is 0.178. The summed E-state index contributed by atoms with van der Waals surface area (Å²) in [6.45, 7) is 4.79. The molecule has 0 spiro atoms. The van der Waals surface area contributed by atoms with Gasteiger partial charge in [0, 0.05) is 19.4 Å². The molecule has 0 saturated heterocycles. The Morgan fingerprint density at radius 1 is 1.18 bits per heavy atom. The summed E-state index contributed by atoms with van der Waals surface area (Å²) in [6.07, 6.45) is -0.0336.